The third-order valence-electron chi connectivity index (χ3n) is 2.55. The van der Waals surface area contributed by atoms with E-state index in [4.69, 9.17) is 0 Å². The molecule has 0 unspecified atom stereocenters. The second-order valence-electron chi connectivity index (χ2n) is 5.86. The molecule has 5 nitrogen and oxygen atoms in total. The van der Waals surface area contributed by atoms with Crippen molar-refractivity contribution in [3.05, 3.63) is 23.9 Å². The molecule has 0 saturated carbocycles. The summed E-state index contributed by atoms with van der Waals surface area (Å²) in [6.45, 7) is 7.13. The second-order valence-corrected chi connectivity index (χ2v) is 7.85. The van der Waals surface area contributed by atoms with Gasteiger partial charge in [0.2, 0.25) is 0 Å². The smallest absolute Gasteiger partial charge is 0.260 e. The van der Waals surface area contributed by atoms with Crippen LogP contribution in [0.4, 0.5) is 0 Å². The van der Waals surface area contributed by atoms with Crippen LogP contribution in [0.3, 0.4) is 0 Å². The lowest BCUT2D eigenvalue weighted by atomic mass is 9.97. The standard InChI is InChI=1S/C13H23N3O2S/c1-13(2,3)10-16(5)19(17,18)12-7-6-11(8-14-4)9-15-12/h6-7,9,14H,8,10H2,1-5H3. The SMILES string of the molecule is CNCc1ccc(S(=O)(=O)N(C)CC(C)(C)C)nc1. The molecule has 1 N–H and O–H groups in total. The molecular formula is C13H23N3O2S. The van der Waals surface area contributed by atoms with Gasteiger partial charge in [-0.3, -0.25) is 0 Å². The number of hydrogen-bond acceptors (Lipinski definition) is 4. The van der Waals surface area contributed by atoms with Gasteiger partial charge in [-0.25, -0.2) is 13.4 Å². The van der Waals surface area contributed by atoms with E-state index in [0.29, 0.717) is 13.1 Å². The number of pyridine rings is 1. The van der Waals surface area contributed by atoms with Crippen molar-refractivity contribution < 1.29 is 8.42 Å². The van der Waals surface area contributed by atoms with E-state index in [-0.39, 0.29) is 10.4 Å². The van der Waals surface area contributed by atoms with Gasteiger partial charge in [-0.2, -0.15) is 4.31 Å². The van der Waals surface area contributed by atoms with Crippen molar-refractivity contribution in [3.8, 4) is 0 Å². The van der Waals surface area contributed by atoms with Crippen LogP contribution in [0.2, 0.25) is 0 Å². The Kier molecular flexibility index (Phi) is 5.06. The van der Waals surface area contributed by atoms with Gasteiger partial charge in [0.1, 0.15) is 0 Å². The molecule has 19 heavy (non-hydrogen) atoms. The summed E-state index contributed by atoms with van der Waals surface area (Å²) >= 11 is 0. The molecule has 0 bridgehead atoms. The van der Waals surface area contributed by atoms with Crippen molar-refractivity contribution in [1.82, 2.24) is 14.6 Å². The van der Waals surface area contributed by atoms with Crippen molar-refractivity contribution in [2.24, 2.45) is 5.41 Å². The van der Waals surface area contributed by atoms with Crippen molar-refractivity contribution in [1.29, 1.82) is 0 Å². The monoisotopic (exact) mass is 285 g/mol. The van der Waals surface area contributed by atoms with Crippen LogP contribution in [-0.4, -0.2) is 38.3 Å². The zero-order chi connectivity index (χ0) is 14.7. The lowest BCUT2D eigenvalue weighted by Gasteiger charge is -2.25. The molecule has 0 radical (unpaired) electrons. The maximum Gasteiger partial charge on any atom is 0.260 e. The van der Waals surface area contributed by atoms with E-state index in [0.717, 1.165) is 5.56 Å². The fraction of sp³-hybridized carbons (Fsp3) is 0.615. The summed E-state index contributed by atoms with van der Waals surface area (Å²) in [6.07, 6.45) is 1.59. The molecule has 1 aromatic rings. The van der Waals surface area contributed by atoms with Gasteiger partial charge >= 0.3 is 0 Å². The summed E-state index contributed by atoms with van der Waals surface area (Å²) < 4.78 is 26.0. The van der Waals surface area contributed by atoms with Gasteiger partial charge < -0.3 is 5.32 Å². The van der Waals surface area contributed by atoms with E-state index < -0.39 is 10.0 Å². The number of hydrogen-bond donors (Lipinski definition) is 1. The van der Waals surface area contributed by atoms with Gasteiger partial charge in [0.05, 0.1) is 0 Å². The highest BCUT2D eigenvalue weighted by Crippen LogP contribution is 2.19. The molecule has 0 spiro atoms. The Hall–Kier alpha value is -0.980. The first-order valence-corrected chi connectivity index (χ1v) is 7.67. The summed E-state index contributed by atoms with van der Waals surface area (Å²) in [4.78, 5) is 4.05. The third kappa shape index (κ3) is 4.56. The summed E-state index contributed by atoms with van der Waals surface area (Å²) in [6, 6.07) is 3.34. The minimum atomic E-state index is -3.50. The van der Waals surface area contributed by atoms with Crippen molar-refractivity contribution >= 4 is 10.0 Å². The summed E-state index contributed by atoms with van der Waals surface area (Å²) in [5, 5.41) is 3.09. The van der Waals surface area contributed by atoms with Crippen molar-refractivity contribution in [3.63, 3.8) is 0 Å². The molecule has 0 aromatic carbocycles. The van der Waals surface area contributed by atoms with Crippen molar-refractivity contribution in [2.45, 2.75) is 32.3 Å². The fourth-order valence-corrected chi connectivity index (χ4v) is 3.09. The summed E-state index contributed by atoms with van der Waals surface area (Å²) in [5.74, 6) is 0. The molecule has 1 rings (SSSR count). The van der Waals surface area contributed by atoms with Crippen LogP contribution in [0, 0.1) is 5.41 Å². The highest BCUT2D eigenvalue weighted by molar-refractivity contribution is 7.89. The lowest BCUT2D eigenvalue weighted by Crippen LogP contribution is -2.34. The predicted molar refractivity (Wildman–Crippen MR) is 76.3 cm³/mol. The van der Waals surface area contributed by atoms with E-state index in [9.17, 15) is 8.42 Å². The predicted octanol–water partition coefficient (Wildman–Crippen LogP) is 1.47. The minimum Gasteiger partial charge on any atom is -0.316 e. The number of nitrogens with zero attached hydrogens (tertiary/aromatic N) is 2. The molecular weight excluding hydrogens is 262 g/mol. The van der Waals surface area contributed by atoms with Crippen LogP contribution < -0.4 is 5.32 Å². The molecule has 6 heteroatoms. The quantitative estimate of drug-likeness (QED) is 0.890. The van der Waals surface area contributed by atoms with Gasteiger partial charge in [-0.1, -0.05) is 26.8 Å². The first kappa shape index (κ1) is 16.1. The molecule has 1 aromatic heterocycles. The molecule has 108 valence electrons. The topological polar surface area (TPSA) is 62.3 Å². The zero-order valence-electron chi connectivity index (χ0n) is 12.3. The number of nitrogens with one attached hydrogen (secondary N) is 1. The Morgan fingerprint density at radius 1 is 1.32 bits per heavy atom. The largest absolute Gasteiger partial charge is 0.316 e. The van der Waals surface area contributed by atoms with Crippen LogP contribution in [0.15, 0.2) is 23.4 Å². The van der Waals surface area contributed by atoms with Crippen molar-refractivity contribution in [2.75, 3.05) is 20.6 Å². The fourth-order valence-electron chi connectivity index (χ4n) is 1.78. The van der Waals surface area contributed by atoms with Gasteiger partial charge in [-0.05, 0) is 24.1 Å². The average molecular weight is 285 g/mol. The molecule has 0 fully saturated rings. The molecule has 0 aliphatic rings. The number of sulfonamides is 1. The van der Waals surface area contributed by atoms with Gasteiger partial charge in [0.15, 0.2) is 5.03 Å². The van der Waals surface area contributed by atoms with Gasteiger partial charge in [0, 0.05) is 26.3 Å². The van der Waals surface area contributed by atoms with Crippen LogP contribution in [0.5, 0.6) is 0 Å². The van der Waals surface area contributed by atoms with E-state index in [1.807, 2.05) is 27.8 Å². The van der Waals surface area contributed by atoms with Gasteiger partial charge in [-0.15, -0.1) is 0 Å². The van der Waals surface area contributed by atoms with Gasteiger partial charge in [0.25, 0.3) is 10.0 Å². The first-order valence-electron chi connectivity index (χ1n) is 6.23. The number of aromatic nitrogens is 1. The second kappa shape index (κ2) is 5.98. The molecule has 0 amide bonds. The Morgan fingerprint density at radius 3 is 2.37 bits per heavy atom. The Labute approximate surface area is 116 Å². The normalized spacial score (nSPS) is 12.9. The van der Waals surface area contributed by atoms with Crippen LogP contribution >= 0.6 is 0 Å². The first-order chi connectivity index (χ1) is 8.66. The third-order valence-corrected chi connectivity index (χ3v) is 4.27. The Bertz CT molecular complexity index is 504. The molecule has 1 heterocycles. The summed E-state index contributed by atoms with van der Waals surface area (Å²) in [7, 11) is -0.0799. The van der Waals surface area contributed by atoms with Crippen LogP contribution in [0.25, 0.3) is 0 Å². The maximum atomic E-state index is 12.3. The minimum absolute atomic E-state index is 0.0894. The average Bonchev–Trinajstić information content (AvgIpc) is 2.28. The zero-order valence-corrected chi connectivity index (χ0v) is 13.1. The van der Waals surface area contributed by atoms with E-state index in [2.05, 4.69) is 10.3 Å². The van der Waals surface area contributed by atoms with Crippen LogP contribution in [-0.2, 0) is 16.6 Å². The highest BCUT2D eigenvalue weighted by atomic mass is 32.2. The maximum absolute atomic E-state index is 12.3. The lowest BCUT2D eigenvalue weighted by molar-refractivity contribution is 0.310. The number of rotatable bonds is 5. The highest BCUT2D eigenvalue weighted by Gasteiger charge is 2.26. The molecule has 0 aliphatic carbocycles. The molecule has 0 saturated heterocycles. The van der Waals surface area contributed by atoms with E-state index in [1.165, 1.54) is 4.31 Å². The Morgan fingerprint density at radius 2 is 1.95 bits per heavy atom. The van der Waals surface area contributed by atoms with Crippen LogP contribution in [0.1, 0.15) is 26.3 Å². The Balaban J connectivity index is 2.93. The van der Waals surface area contributed by atoms with E-state index in [1.54, 1.807) is 25.4 Å². The van der Waals surface area contributed by atoms with E-state index >= 15 is 0 Å². The molecule has 0 aliphatic heterocycles. The summed E-state index contributed by atoms with van der Waals surface area (Å²) in [5.41, 5.74) is 0.869. The molecule has 0 atom stereocenters.